The smallest absolute Gasteiger partial charge is 0.185 e. The van der Waals surface area contributed by atoms with Crippen molar-refractivity contribution in [2.45, 2.75) is 31.2 Å². The van der Waals surface area contributed by atoms with Crippen molar-refractivity contribution in [3.05, 3.63) is 0 Å². The third-order valence-electron chi connectivity index (χ3n) is 3.65. The molecule has 3 nitrogen and oxygen atoms in total. The van der Waals surface area contributed by atoms with Crippen molar-refractivity contribution < 1.29 is 10.2 Å². The van der Waals surface area contributed by atoms with Gasteiger partial charge in [-0.2, -0.15) is 5.26 Å². The molecule has 0 amide bonds. The van der Waals surface area contributed by atoms with Crippen molar-refractivity contribution in [1.82, 2.24) is 0 Å². The fourth-order valence-electron chi connectivity index (χ4n) is 2.82. The summed E-state index contributed by atoms with van der Waals surface area (Å²) >= 11 is 0. The molecular weight excluding hydrogens is 162 g/mol. The maximum Gasteiger partial charge on any atom is 0.185 e. The van der Waals surface area contributed by atoms with Gasteiger partial charge < -0.3 is 10.2 Å². The SMILES string of the molecule is N#CC1([NH+]2CC[NH2+]CC2)CCCC1. The Balaban J connectivity index is 2.06. The van der Waals surface area contributed by atoms with Crippen molar-refractivity contribution in [2.24, 2.45) is 0 Å². The minimum absolute atomic E-state index is 0.00819. The fourth-order valence-corrected chi connectivity index (χ4v) is 2.82. The number of nitrogens with zero attached hydrogens (tertiary/aromatic N) is 1. The van der Waals surface area contributed by atoms with Crippen molar-refractivity contribution in [2.75, 3.05) is 26.2 Å². The standard InChI is InChI=1S/C10H17N3/c11-9-10(3-1-2-4-10)13-7-5-12-6-8-13/h12H,1-8H2/p+2. The van der Waals surface area contributed by atoms with E-state index in [2.05, 4.69) is 11.4 Å². The van der Waals surface area contributed by atoms with Crippen LogP contribution in [0.2, 0.25) is 0 Å². The van der Waals surface area contributed by atoms with Crippen LogP contribution in [0.1, 0.15) is 25.7 Å². The molecule has 0 bridgehead atoms. The summed E-state index contributed by atoms with van der Waals surface area (Å²) < 4.78 is 0. The molecule has 1 aliphatic heterocycles. The highest BCUT2D eigenvalue weighted by molar-refractivity contribution is 5.03. The van der Waals surface area contributed by atoms with Gasteiger partial charge >= 0.3 is 0 Å². The van der Waals surface area contributed by atoms with Crippen LogP contribution in [0.4, 0.5) is 0 Å². The molecule has 0 unspecified atom stereocenters. The van der Waals surface area contributed by atoms with Gasteiger partial charge in [0.15, 0.2) is 5.54 Å². The van der Waals surface area contributed by atoms with Gasteiger partial charge in [-0.1, -0.05) is 0 Å². The molecule has 72 valence electrons. The van der Waals surface area contributed by atoms with Gasteiger partial charge in [-0.05, 0) is 12.8 Å². The molecule has 3 N–H and O–H groups in total. The summed E-state index contributed by atoms with van der Waals surface area (Å²) in [6.07, 6.45) is 4.80. The van der Waals surface area contributed by atoms with Crippen molar-refractivity contribution in [3.63, 3.8) is 0 Å². The topological polar surface area (TPSA) is 44.8 Å². The van der Waals surface area contributed by atoms with Crippen LogP contribution in [0, 0.1) is 11.3 Å². The highest BCUT2D eigenvalue weighted by Gasteiger charge is 2.44. The fraction of sp³-hybridized carbons (Fsp3) is 0.900. The van der Waals surface area contributed by atoms with Crippen LogP contribution in [-0.2, 0) is 0 Å². The zero-order valence-corrected chi connectivity index (χ0v) is 8.18. The second kappa shape index (κ2) is 3.65. The lowest BCUT2D eigenvalue weighted by Crippen LogP contribution is -3.26. The zero-order chi connectivity index (χ0) is 9.15. The molecule has 1 heterocycles. The molecule has 1 saturated heterocycles. The summed E-state index contributed by atoms with van der Waals surface area (Å²) in [4.78, 5) is 1.56. The quantitative estimate of drug-likeness (QED) is 0.497. The van der Waals surface area contributed by atoms with Crippen LogP contribution in [0.25, 0.3) is 0 Å². The van der Waals surface area contributed by atoms with Gasteiger partial charge in [0.1, 0.15) is 32.2 Å². The number of hydrogen-bond donors (Lipinski definition) is 2. The lowest BCUT2D eigenvalue weighted by atomic mass is 9.96. The zero-order valence-electron chi connectivity index (χ0n) is 8.18. The lowest BCUT2D eigenvalue weighted by Gasteiger charge is -2.33. The summed E-state index contributed by atoms with van der Waals surface area (Å²) in [7, 11) is 0. The molecule has 0 radical (unpaired) electrons. The van der Waals surface area contributed by atoms with Gasteiger partial charge in [0.25, 0.3) is 0 Å². The second-order valence-corrected chi connectivity index (χ2v) is 4.37. The van der Waals surface area contributed by atoms with E-state index in [0.717, 1.165) is 12.8 Å². The number of piperazine rings is 1. The number of hydrogen-bond acceptors (Lipinski definition) is 1. The first-order valence-electron chi connectivity index (χ1n) is 5.45. The summed E-state index contributed by atoms with van der Waals surface area (Å²) in [5, 5.41) is 11.7. The van der Waals surface area contributed by atoms with Crippen LogP contribution in [-0.4, -0.2) is 31.7 Å². The lowest BCUT2D eigenvalue weighted by molar-refractivity contribution is -0.981. The summed E-state index contributed by atoms with van der Waals surface area (Å²) in [6.45, 7) is 4.79. The Kier molecular flexibility index (Phi) is 2.52. The van der Waals surface area contributed by atoms with Gasteiger partial charge in [-0.15, -0.1) is 0 Å². The Morgan fingerprint density at radius 1 is 1.15 bits per heavy atom. The molecule has 0 aromatic heterocycles. The average Bonchev–Trinajstić information content (AvgIpc) is 2.69. The molecule has 3 heteroatoms. The molecule has 2 fully saturated rings. The molecule has 1 aliphatic carbocycles. The summed E-state index contributed by atoms with van der Waals surface area (Å²) in [5.74, 6) is 0. The van der Waals surface area contributed by atoms with E-state index in [1.54, 1.807) is 4.90 Å². The van der Waals surface area contributed by atoms with Crippen molar-refractivity contribution in [1.29, 1.82) is 5.26 Å². The Hall–Kier alpha value is -0.590. The Labute approximate surface area is 79.7 Å². The van der Waals surface area contributed by atoms with Crippen molar-refractivity contribution in [3.8, 4) is 6.07 Å². The monoisotopic (exact) mass is 181 g/mol. The molecule has 13 heavy (non-hydrogen) atoms. The van der Waals surface area contributed by atoms with E-state index in [4.69, 9.17) is 0 Å². The van der Waals surface area contributed by atoms with Gasteiger partial charge in [0.05, 0.1) is 0 Å². The number of nitrogens with two attached hydrogens (primary N) is 1. The minimum Gasteiger partial charge on any atom is -0.337 e. The van der Waals surface area contributed by atoms with Crippen LogP contribution in [0.3, 0.4) is 0 Å². The largest absolute Gasteiger partial charge is 0.337 e. The molecular formula is C10H19N3+2. The van der Waals surface area contributed by atoms with Gasteiger partial charge in [-0.3, -0.25) is 0 Å². The second-order valence-electron chi connectivity index (χ2n) is 4.37. The molecule has 2 rings (SSSR count). The van der Waals surface area contributed by atoms with Crippen LogP contribution < -0.4 is 10.2 Å². The molecule has 0 aromatic rings. The van der Waals surface area contributed by atoms with E-state index in [1.807, 2.05) is 0 Å². The first kappa shape index (κ1) is 8.98. The predicted octanol–water partition coefficient (Wildman–Crippen LogP) is -1.72. The normalized spacial score (nSPS) is 28.5. The minimum atomic E-state index is 0.00819. The number of nitrogens with one attached hydrogen (secondary N) is 1. The number of rotatable bonds is 1. The van der Waals surface area contributed by atoms with E-state index < -0.39 is 0 Å². The van der Waals surface area contributed by atoms with Gasteiger partial charge in [0.2, 0.25) is 0 Å². The molecule has 0 spiro atoms. The molecule has 0 aromatic carbocycles. The maximum absolute atomic E-state index is 9.29. The first-order valence-corrected chi connectivity index (χ1v) is 5.45. The Morgan fingerprint density at radius 2 is 1.77 bits per heavy atom. The van der Waals surface area contributed by atoms with E-state index in [0.29, 0.717) is 0 Å². The predicted molar refractivity (Wildman–Crippen MR) is 49.2 cm³/mol. The molecule has 2 aliphatic rings. The van der Waals surface area contributed by atoms with E-state index in [1.165, 1.54) is 39.0 Å². The first-order chi connectivity index (χ1) is 6.37. The van der Waals surface area contributed by atoms with Gasteiger partial charge in [-0.25, -0.2) is 0 Å². The van der Waals surface area contributed by atoms with E-state index in [-0.39, 0.29) is 5.54 Å². The third-order valence-corrected chi connectivity index (χ3v) is 3.65. The molecule has 1 saturated carbocycles. The number of quaternary nitrogens is 2. The maximum atomic E-state index is 9.29. The van der Waals surface area contributed by atoms with Crippen molar-refractivity contribution >= 4 is 0 Å². The number of nitriles is 1. The third kappa shape index (κ3) is 1.56. The van der Waals surface area contributed by atoms with Crippen LogP contribution in [0.15, 0.2) is 0 Å². The average molecular weight is 181 g/mol. The summed E-state index contributed by atoms with van der Waals surface area (Å²) in [5.41, 5.74) is 0.00819. The van der Waals surface area contributed by atoms with E-state index >= 15 is 0 Å². The highest BCUT2D eigenvalue weighted by Crippen LogP contribution is 2.25. The van der Waals surface area contributed by atoms with E-state index in [9.17, 15) is 5.26 Å². The molecule has 0 atom stereocenters. The van der Waals surface area contributed by atoms with Gasteiger partial charge in [0, 0.05) is 12.8 Å². The highest BCUT2D eigenvalue weighted by atomic mass is 15.2. The Morgan fingerprint density at radius 3 is 2.31 bits per heavy atom. The summed E-state index contributed by atoms with van der Waals surface area (Å²) in [6, 6.07) is 2.60. The van der Waals surface area contributed by atoms with Crippen LogP contribution in [0.5, 0.6) is 0 Å². The Bertz CT molecular complexity index is 207. The van der Waals surface area contributed by atoms with Crippen LogP contribution >= 0.6 is 0 Å².